The van der Waals surface area contributed by atoms with Crippen molar-refractivity contribution in [2.75, 3.05) is 13.7 Å². The molecule has 0 bridgehead atoms. The molecule has 180 valence electrons. The highest BCUT2D eigenvalue weighted by Gasteiger charge is 2.70. The molecule has 11 unspecified atom stereocenters. The Labute approximate surface area is 195 Å². The molecule has 4 aliphatic carbocycles. The molecule has 6 aliphatic rings. The lowest BCUT2D eigenvalue weighted by Gasteiger charge is -2.64. The molecule has 6 rings (SSSR count). The highest BCUT2D eigenvalue weighted by Crippen LogP contribution is 2.74. The first-order chi connectivity index (χ1) is 15.2. The van der Waals surface area contributed by atoms with Gasteiger partial charge in [-0.25, -0.2) is 0 Å². The van der Waals surface area contributed by atoms with Crippen LogP contribution in [0.25, 0.3) is 0 Å². The highest BCUT2D eigenvalue weighted by molar-refractivity contribution is 5.93. The second-order valence-corrected chi connectivity index (χ2v) is 13.6. The molecule has 11 atom stereocenters. The SMILES string of the molecule is COC12CC(C)CN=C1CC1C(CC3(C)C4CCC5CC(N)CCC5(C)C4CCC13C)O2. The summed E-state index contributed by atoms with van der Waals surface area (Å²) in [6, 6.07) is 0.438. The minimum absolute atomic E-state index is 0.318. The molecule has 1 saturated heterocycles. The van der Waals surface area contributed by atoms with Crippen molar-refractivity contribution in [2.45, 2.75) is 110 Å². The summed E-state index contributed by atoms with van der Waals surface area (Å²) in [4.78, 5) is 5.04. The van der Waals surface area contributed by atoms with Gasteiger partial charge in [0.1, 0.15) is 0 Å². The summed E-state index contributed by atoms with van der Waals surface area (Å²) in [6.45, 7) is 11.2. The van der Waals surface area contributed by atoms with Crippen LogP contribution in [0.2, 0.25) is 0 Å². The van der Waals surface area contributed by atoms with E-state index in [1.165, 1.54) is 57.1 Å². The fraction of sp³-hybridized carbons (Fsp3) is 0.964. The average molecular weight is 443 g/mol. The number of hydrogen-bond donors (Lipinski definition) is 1. The Bertz CT molecular complexity index is 813. The molecule has 32 heavy (non-hydrogen) atoms. The monoisotopic (exact) mass is 442 g/mol. The normalized spacial score (nSPS) is 59.2. The predicted octanol–water partition coefficient (Wildman–Crippen LogP) is 5.59. The number of fused-ring (bicyclic) bond motifs is 8. The van der Waals surface area contributed by atoms with Gasteiger partial charge in [-0.3, -0.25) is 4.99 Å². The lowest BCUT2D eigenvalue weighted by Crippen LogP contribution is -2.59. The van der Waals surface area contributed by atoms with Gasteiger partial charge in [-0.1, -0.05) is 27.7 Å². The molecule has 4 nitrogen and oxygen atoms in total. The van der Waals surface area contributed by atoms with Gasteiger partial charge >= 0.3 is 0 Å². The molecule has 5 fully saturated rings. The molecule has 2 N–H and O–H groups in total. The first-order valence-corrected chi connectivity index (χ1v) is 13.7. The van der Waals surface area contributed by atoms with Gasteiger partial charge < -0.3 is 15.2 Å². The minimum atomic E-state index is -0.554. The zero-order valence-electron chi connectivity index (χ0n) is 21.2. The standard InChI is InChI=1S/C28H46N2O2/c1-17-14-28(31-5)24(30-16-17)13-22-23(32-28)15-27(4)21-7-6-18-12-19(29)8-10-25(18,2)20(21)9-11-26(22,27)3/h17-23H,6-16,29H2,1-5H3. The smallest absolute Gasteiger partial charge is 0.208 e. The fourth-order valence-electron chi connectivity index (χ4n) is 10.4. The number of nitrogens with two attached hydrogens (primary N) is 1. The zero-order valence-corrected chi connectivity index (χ0v) is 21.2. The van der Waals surface area contributed by atoms with Gasteiger partial charge in [0.05, 0.1) is 11.8 Å². The number of aliphatic imine (C=N–C) groups is 1. The zero-order chi connectivity index (χ0) is 22.5. The molecule has 0 aromatic heterocycles. The lowest BCUT2D eigenvalue weighted by atomic mass is 9.40. The summed E-state index contributed by atoms with van der Waals surface area (Å²) in [6.07, 6.45) is 13.0. The Morgan fingerprint density at radius 1 is 0.969 bits per heavy atom. The van der Waals surface area contributed by atoms with E-state index in [9.17, 15) is 0 Å². The molecule has 0 aromatic carbocycles. The maximum absolute atomic E-state index is 7.00. The summed E-state index contributed by atoms with van der Waals surface area (Å²) in [7, 11) is 1.84. The van der Waals surface area contributed by atoms with Crippen LogP contribution in [-0.4, -0.2) is 37.3 Å². The lowest BCUT2D eigenvalue weighted by molar-refractivity contribution is -0.233. The van der Waals surface area contributed by atoms with E-state index >= 15 is 0 Å². The van der Waals surface area contributed by atoms with Gasteiger partial charge in [0.25, 0.3) is 0 Å². The second-order valence-electron chi connectivity index (χ2n) is 13.6. The van der Waals surface area contributed by atoms with E-state index in [2.05, 4.69) is 27.7 Å². The summed E-state index contributed by atoms with van der Waals surface area (Å²) >= 11 is 0. The molecule has 2 heterocycles. The molecular weight excluding hydrogens is 396 g/mol. The number of methoxy groups -OCH3 is 1. The number of ether oxygens (including phenoxy) is 2. The van der Waals surface area contributed by atoms with Crippen LogP contribution in [-0.2, 0) is 9.47 Å². The quantitative estimate of drug-likeness (QED) is 0.576. The van der Waals surface area contributed by atoms with E-state index in [1.807, 2.05) is 7.11 Å². The van der Waals surface area contributed by atoms with E-state index in [1.54, 1.807) is 0 Å². The maximum Gasteiger partial charge on any atom is 0.208 e. The van der Waals surface area contributed by atoms with Gasteiger partial charge in [-0.15, -0.1) is 0 Å². The molecule has 0 amide bonds. The van der Waals surface area contributed by atoms with E-state index in [0.29, 0.717) is 40.2 Å². The second kappa shape index (κ2) is 7.04. The van der Waals surface area contributed by atoms with Gasteiger partial charge in [0, 0.05) is 26.1 Å². The van der Waals surface area contributed by atoms with Crippen LogP contribution in [0.4, 0.5) is 0 Å². The Balaban J connectivity index is 1.34. The molecular formula is C28H46N2O2. The van der Waals surface area contributed by atoms with Crippen molar-refractivity contribution >= 4 is 5.71 Å². The summed E-state index contributed by atoms with van der Waals surface area (Å²) in [5.74, 6) is 3.10. The average Bonchev–Trinajstić information content (AvgIpc) is 2.98. The molecule has 0 spiro atoms. The third-order valence-corrected chi connectivity index (χ3v) is 12.5. The van der Waals surface area contributed by atoms with E-state index in [4.69, 9.17) is 20.2 Å². The van der Waals surface area contributed by atoms with Crippen LogP contribution < -0.4 is 5.73 Å². The van der Waals surface area contributed by atoms with Crippen molar-refractivity contribution in [2.24, 2.45) is 56.6 Å². The van der Waals surface area contributed by atoms with Crippen molar-refractivity contribution in [1.29, 1.82) is 0 Å². The predicted molar refractivity (Wildman–Crippen MR) is 129 cm³/mol. The van der Waals surface area contributed by atoms with Crippen LogP contribution in [0, 0.1) is 45.8 Å². The number of nitrogens with zero attached hydrogens (tertiary/aromatic N) is 1. The first-order valence-electron chi connectivity index (χ1n) is 13.7. The van der Waals surface area contributed by atoms with Crippen LogP contribution in [0.3, 0.4) is 0 Å². The Morgan fingerprint density at radius 2 is 1.78 bits per heavy atom. The molecule has 0 radical (unpaired) electrons. The van der Waals surface area contributed by atoms with Crippen molar-refractivity contribution in [3.05, 3.63) is 0 Å². The molecule has 2 aliphatic heterocycles. The van der Waals surface area contributed by atoms with Crippen LogP contribution >= 0.6 is 0 Å². The summed E-state index contributed by atoms with van der Waals surface area (Å²) in [5, 5.41) is 0. The third kappa shape index (κ3) is 2.69. The fourth-order valence-corrected chi connectivity index (χ4v) is 10.4. The summed E-state index contributed by atoms with van der Waals surface area (Å²) in [5.41, 5.74) is 8.85. The van der Waals surface area contributed by atoms with Crippen LogP contribution in [0.15, 0.2) is 4.99 Å². The number of rotatable bonds is 1. The maximum atomic E-state index is 7.00. The van der Waals surface area contributed by atoms with Crippen LogP contribution in [0.1, 0.15) is 91.9 Å². The van der Waals surface area contributed by atoms with E-state index in [0.717, 1.165) is 37.1 Å². The Kier molecular flexibility index (Phi) is 4.85. The van der Waals surface area contributed by atoms with Crippen molar-refractivity contribution in [3.63, 3.8) is 0 Å². The topological polar surface area (TPSA) is 56.8 Å². The minimum Gasteiger partial charge on any atom is -0.348 e. The van der Waals surface area contributed by atoms with Crippen molar-refractivity contribution < 1.29 is 9.47 Å². The Morgan fingerprint density at radius 3 is 2.56 bits per heavy atom. The largest absolute Gasteiger partial charge is 0.348 e. The third-order valence-electron chi connectivity index (χ3n) is 12.5. The number of hydrogen-bond acceptors (Lipinski definition) is 4. The Hall–Kier alpha value is -0.450. The van der Waals surface area contributed by atoms with Crippen molar-refractivity contribution in [3.8, 4) is 0 Å². The van der Waals surface area contributed by atoms with Crippen molar-refractivity contribution in [1.82, 2.24) is 0 Å². The van der Waals surface area contributed by atoms with E-state index < -0.39 is 5.79 Å². The van der Waals surface area contributed by atoms with Gasteiger partial charge in [-0.05, 0) is 104 Å². The molecule has 0 aromatic rings. The summed E-state index contributed by atoms with van der Waals surface area (Å²) < 4.78 is 13.1. The highest BCUT2D eigenvalue weighted by atomic mass is 16.7. The molecule has 4 saturated carbocycles. The van der Waals surface area contributed by atoms with Crippen LogP contribution in [0.5, 0.6) is 0 Å². The van der Waals surface area contributed by atoms with Gasteiger partial charge in [0.15, 0.2) is 0 Å². The van der Waals surface area contributed by atoms with E-state index in [-0.39, 0.29) is 0 Å². The first kappa shape index (κ1) is 22.0. The van der Waals surface area contributed by atoms with Gasteiger partial charge in [0.2, 0.25) is 5.79 Å². The molecule has 4 heteroatoms. The van der Waals surface area contributed by atoms with Gasteiger partial charge in [-0.2, -0.15) is 0 Å².